The van der Waals surface area contributed by atoms with Gasteiger partial charge in [0.05, 0.1) is 34.5 Å². The second kappa shape index (κ2) is 11.3. The molecule has 0 aliphatic heterocycles. The maximum atomic E-state index is 11.9. The van der Waals surface area contributed by atoms with Crippen molar-refractivity contribution < 1.29 is 57.2 Å². The Hall–Kier alpha value is -2.84. The number of hydrogen-bond acceptors (Lipinski definition) is 14. The van der Waals surface area contributed by atoms with E-state index in [0.717, 1.165) is 0 Å². The van der Waals surface area contributed by atoms with E-state index in [9.17, 15) is 28.0 Å². The number of phenols is 1. The molecule has 35 heavy (non-hydrogen) atoms. The van der Waals surface area contributed by atoms with Gasteiger partial charge in [-0.05, 0) is 36.8 Å². The number of carboxylic acids is 1. The number of benzene rings is 3. The Morgan fingerprint density at radius 2 is 1.66 bits per heavy atom. The maximum Gasteiger partial charge on any atom is 0.337 e. The minimum atomic E-state index is -4.71. The molecule has 0 spiro atoms. The van der Waals surface area contributed by atoms with Crippen LogP contribution in [0.2, 0.25) is 0 Å². The van der Waals surface area contributed by atoms with Crippen molar-refractivity contribution in [1.29, 1.82) is 0 Å². The van der Waals surface area contributed by atoms with E-state index in [2.05, 4.69) is 29.0 Å². The van der Waals surface area contributed by atoms with Crippen molar-refractivity contribution in [3.8, 4) is 5.75 Å². The average Bonchev–Trinajstić information content (AvgIpc) is 2.79. The molecule has 0 radical (unpaired) electrons. The van der Waals surface area contributed by atoms with Gasteiger partial charge in [0.1, 0.15) is 16.3 Å². The molecule has 0 aliphatic carbocycles. The lowest BCUT2D eigenvalue weighted by Gasteiger charge is -2.13. The van der Waals surface area contributed by atoms with Crippen LogP contribution in [0.5, 0.6) is 5.75 Å². The number of aromatic hydroxyl groups is 1. The van der Waals surface area contributed by atoms with E-state index in [4.69, 9.17) is 10.5 Å². The van der Waals surface area contributed by atoms with Crippen LogP contribution in [0.3, 0.4) is 0 Å². The van der Waals surface area contributed by atoms with Crippen LogP contribution in [0, 0.1) is 6.92 Å². The van der Waals surface area contributed by atoms with E-state index >= 15 is 0 Å². The van der Waals surface area contributed by atoms with Crippen LogP contribution in [-0.4, -0.2) is 39.7 Å². The summed E-state index contributed by atoms with van der Waals surface area (Å²) in [4.78, 5) is 11.2. The monoisotopic (exact) mass is 546 g/mol. The quantitative estimate of drug-likeness (QED) is 0.0738. The zero-order chi connectivity index (χ0) is 25.8. The number of fused-ring (bicyclic) bond motifs is 1. The average molecular weight is 547 g/mol. The summed E-state index contributed by atoms with van der Waals surface area (Å²) in [5, 5.41) is 51.8. The molecule has 3 aromatic carbocycles. The van der Waals surface area contributed by atoms with Crippen LogP contribution < -0.4 is 0 Å². The summed E-state index contributed by atoms with van der Waals surface area (Å²) in [6, 6.07) is 7.65. The Morgan fingerprint density at radius 1 is 0.971 bits per heavy atom. The Kier molecular flexibility index (Phi) is 8.61. The molecule has 0 atom stereocenters. The molecule has 0 fully saturated rings. The van der Waals surface area contributed by atoms with Gasteiger partial charge in [0, 0.05) is 15.7 Å². The van der Waals surface area contributed by atoms with Crippen molar-refractivity contribution in [3.63, 3.8) is 0 Å². The third-order valence-electron chi connectivity index (χ3n) is 4.41. The number of rotatable bonds is 10. The van der Waals surface area contributed by atoms with Crippen molar-refractivity contribution in [2.45, 2.75) is 21.6 Å². The second-order valence-electron chi connectivity index (χ2n) is 6.49. The first-order chi connectivity index (χ1) is 16.6. The molecule has 0 amide bonds. The van der Waals surface area contributed by atoms with Gasteiger partial charge in [-0.25, -0.2) is 15.3 Å². The summed E-state index contributed by atoms with van der Waals surface area (Å²) in [6.45, 7) is 1.43. The number of carbonyl (C=O) groups is 1. The van der Waals surface area contributed by atoms with Crippen molar-refractivity contribution in [3.05, 3.63) is 47.5 Å². The third kappa shape index (κ3) is 6.05. The fraction of sp³-hybridized carbons (Fsp3) is 0.0556. The summed E-state index contributed by atoms with van der Waals surface area (Å²) in [7, 11) is -4.71. The number of nitrogens with zero attached hydrogens (tertiary/aromatic N) is 2. The fourth-order valence-electron chi connectivity index (χ4n) is 3.04. The molecule has 0 aromatic heterocycles. The van der Waals surface area contributed by atoms with Crippen molar-refractivity contribution in [1.82, 2.24) is 0 Å². The summed E-state index contributed by atoms with van der Waals surface area (Å²) in [6.07, 6.45) is 0. The molecule has 5 N–H and O–H groups in total. The van der Waals surface area contributed by atoms with Crippen molar-refractivity contribution in [2.75, 3.05) is 0 Å². The molecule has 0 saturated heterocycles. The van der Waals surface area contributed by atoms with Gasteiger partial charge in [-0.2, -0.15) is 8.42 Å². The Balaban J connectivity index is 2.23. The SMILES string of the molecule is Cc1ccc2c(O)c(N=Nc3cc(SOOO)ccc3C(=O)O)c(SOOO)cc2c1S(=O)(=O)O. The summed E-state index contributed by atoms with van der Waals surface area (Å²) < 4.78 is 42.3. The molecule has 0 bridgehead atoms. The zero-order valence-electron chi connectivity index (χ0n) is 17.2. The van der Waals surface area contributed by atoms with E-state index in [-0.39, 0.29) is 43.1 Å². The zero-order valence-corrected chi connectivity index (χ0v) is 19.6. The van der Waals surface area contributed by atoms with Crippen LogP contribution in [0.1, 0.15) is 15.9 Å². The molecular weight excluding hydrogens is 532 g/mol. The molecule has 0 saturated carbocycles. The highest BCUT2D eigenvalue weighted by molar-refractivity contribution is 7.95. The smallest absolute Gasteiger partial charge is 0.337 e. The molecule has 0 heterocycles. The van der Waals surface area contributed by atoms with Gasteiger partial charge in [-0.3, -0.25) is 4.55 Å². The van der Waals surface area contributed by atoms with Gasteiger partial charge in [0.25, 0.3) is 10.1 Å². The molecule has 3 rings (SSSR count). The standard InChI is InChI=1S/C18H14N2O12S3/c1-8-2-4-10-12(17(8)35(26,27)28)7-14(34-32-30-25)15(16(10)21)20-19-13-6-9(33-31-29-24)3-5-11(13)18(22)23/h2-7,21,24-25H,1H3,(H,22,23)(H,26,27,28). The molecule has 0 aliphatic rings. The Bertz CT molecular complexity index is 1410. The Labute approximate surface area is 204 Å². The van der Waals surface area contributed by atoms with Gasteiger partial charge in [-0.15, -0.1) is 18.9 Å². The van der Waals surface area contributed by atoms with Crippen LogP contribution >= 0.6 is 24.1 Å². The fourth-order valence-corrected chi connectivity index (χ4v) is 4.84. The summed E-state index contributed by atoms with van der Waals surface area (Å²) >= 11 is 0.850. The highest BCUT2D eigenvalue weighted by atomic mass is 32.2. The van der Waals surface area contributed by atoms with Gasteiger partial charge in [-0.1, -0.05) is 22.2 Å². The van der Waals surface area contributed by atoms with Crippen LogP contribution in [-0.2, 0) is 28.9 Å². The maximum absolute atomic E-state index is 11.9. The minimum absolute atomic E-state index is 0.0392. The van der Waals surface area contributed by atoms with E-state index in [1.807, 2.05) is 0 Å². The Morgan fingerprint density at radius 3 is 2.29 bits per heavy atom. The summed E-state index contributed by atoms with van der Waals surface area (Å²) in [5.74, 6) is -1.95. The predicted octanol–water partition coefficient (Wildman–Crippen LogP) is 5.07. The first kappa shape index (κ1) is 26.8. The summed E-state index contributed by atoms with van der Waals surface area (Å²) in [5.41, 5.74) is -0.606. The van der Waals surface area contributed by atoms with Crippen LogP contribution in [0.4, 0.5) is 11.4 Å². The van der Waals surface area contributed by atoms with Gasteiger partial charge < -0.3 is 10.2 Å². The number of phenolic OH excluding ortho intramolecular Hbond substituents is 1. The number of aryl methyl sites for hydroxylation is 1. The second-order valence-corrected chi connectivity index (χ2v) is 9.36. The minimum Gasteiger partial charge on any atom is -0.505 e. The van der Waals surface area contributed by atoms with Gasteiger partial charge in [0.2, 0.25) is 0 Å². The predicted molar refractivity (Wildman–Crippen MR) is 119 cm³/mol. The van der Waals surface area contributed by atoms with Crippen molar-refractivity contribution >= 4 is 62.3 Å². The molecule has 17 heteroatoms. The number of hydrogen-bond donors (Lipinski definition) is 5. The highest BCUT2D eigenvalue weighted by Gasteiger charge is 2.23. The van der Waals surface area contributed by atoms with Gasteiger partial charge >= 0.3 is 5.97 Å². The largest absolute Gasteiger partial charge is 0.505 e. The lowest BCUT2D eigenvalue weighted by atomic mass is 10.1. The first-order valence-electron chi connectivity index (χ1n) is 8.93. The highest BCUT2D eigenvalue weighted by Crippen LogP contribution is 2.46. The first-order valence-corrected chi connectivity index (χ1v) is 11.9. The molecule has 14 nitrogen and oxygen atoms in total. The lowest BCUT2D eigenvalue weighted by Crippen LogP contribution is -2.02. The van der Waals surface area contributed by atoms with E-state index in [0.29, 0.717) is 24.1 Å². The van der Waals surface area contributed by atoms with E-state index < -0.39 is 26.7 Å². The number of aromatic carboxylic acids is 1. The molecule has 0 unspecified atom stereocenters. The van der Waals surface area contributed by atoms with Crippen LogP contribution in [0.25, 0.3) is 10.8 Å². The molecule has 3 aromatic rings. The van der Waals surface area contributed by atoms with Crippen LogP contribution in [0.15, 0.2) is 61.3 Å². The van der Waals surface area contributed by atoms with Gasteiger partial charge in [0.15, 0.2) is 5.75 Å². The third-order valence-corrected chi connectivity index (χ3v) is 6.66. The normalized spacial score (nSPS) is 12.0. The van der Waals surface area contributed by atoms with E-state index in [1.165, 1.54) is 43.3 Å². The lowest BCUT2D eigenvalue weighted by molar-refractivity contribution is -0.432. The van der Waals surface area contributed by atoms with Crippen molar-refractivity contribution in [2.24, 2.45) is 10.2 Å². The number of carboxylic acid groups (broad SMARTS) is 1. The number of azo groups is 1. The van der Waals surface area contributed by atoms with E-state index in [1.54, 1.807) is 0 Å². The topological polar surface area (TPSA) is 214 Å². The molecular formula is C18H14N2O12S3. The molecule has 186 valence electrons.